The summed E-state index contributed by atoms with van der Waals surface area (Å²) in [6.07, 6.45) is 4.46. The fourth-order valence-electron chi connectivity index (χ4n) is 2.34. The van der Waals surface area contributed by atoms with Crippen LogP contribution in [0.2, 0.25) is 0 Å². The molecule has 1 aromatic heterocycles. The molecule has 0 atom stereocenters. The summed E-state index contributed by atoms with van der Waals surface area (Å²) in [6, 6.07) is 9.67. The summed E-state index contributed by atoms with van der Waals surface area (Å²) in [5.41, 5.74) is 3.91. The Kier molecular flexibility index (Phi) is 7.02. The van der Waals surface area contributed by atoms with Crippen molar-refractivity contribution in [2.45, 2.75) is 46.0 Å². The quantitative estimate of drug-likeness (QED) is 0.529. The summed E-state index contributed by atoms with van der Waals surface area (Å²) in [4.78, 5) is 4.26. The van der Waals surface area contributed by atoms with Crippen LogP contribution in [0.4, 0.5) is 5.88 Å². The van der Waals surface area contributed by atoms with E-state index in [-0.39, 0.29) is 17.5 Å². The Morgan fingerprint density at radius 2 is 2.00 bits per heavy atom. The number of aromatic nitrogens is 1. The summed E-state index contributed by atoms with van der Waals surface area (Å²) in [5, 5.41) is 13.3. The Morgan fingerprint density at radius 1 is 1.28 bits per heavy atom. The Labute approximate surface area is 148 Å². The molecule has 2 rings (SSSR count). The maximum atomic E-state index is 9.20. The van der Waals surface area contributed by atoms with Gasteiger partial charge in [0.1, 0.15) is 11.8 Å². The smallest absolute Gasteiger partial charge is 0.252 e. The topological polar surface area (TPSA) is 83.4 Å². The molecule has 6 heteroatoms. The maximum absolute atomic E-state index is 9.20. The van der Waals surface area contributed by atoms with Crippen LogP contribution < -0.4 is 10.2 Å². The third-order valence-corrected chi connectivity index (χ3v) is 3.82. The lowest BCUT2D eigenvalue weighted by atomic mass is 10.0. The monoisotopic (exact) mass is 340 g/mol. The largest absolute Gasteiger partial charge is 0.494 e. The van der Waals surface area contributed by atoms with Crippen molar-refractivity contribution in [1.29, 1.82) is 5.26 Å². The highest BCUT2D eigenvalue weighted by Gasteiger charge is 2.18. The molecular formula is C19H24N4O2. The fourth-order valence-corrected chi connectivity index (χ4v) is 2.34. The summed E-state index contributed by atoms with van der Waals surface area (Å²) in [6.45, 7) is 6.92. The molecule has 25 heavy (non-hydrogen) atoms. The van der Waals surface area contributed by atoms with E-state index in [1.165, 1.54) is 0 Å². The van der Waals surface area contributed by atoms with Crippen molar-refractivity contribution in [3.8, 4) is 11.8 Å². The van der Waals surface area contributed by atoms with E-state index in [0.717, 1.165) is 30.6 Å². The van der Waals surface area contributed by atoms with Gasteiger partial charge < -0.3 is 9.15 Å². The van der Waals surface area contributed by atoms with E-state index in [1.807, 2.05) is 30.3 Å². The van der Waals surface area contributed by atoms with Gasteiger partial charge in [-0.3, -0.25) is 0 Å². The molecule has 0 unspecified atom stereocenters. The van der Waals surface area contributed by atoms with Crippen molar-refractivity contribution in [1.82, 2.24) is 4.98 Å². The number of nitriles is 1. The molecule has 0 aliphatic carbocycles. The molecule has 0 fully saturated rings. The van der Waals surface area contributed by atoms with Gasteiger partial charge in [-0.15, -0.1) is 0 Å². The van der Waals surface area contributed by atoms with Gasteiger partial charge >= 0.3 is 0 Å². The standard InChI is InChI=1S/C19H24N4O2/c1-4-11-24-16-9-7-14(8-10-16)13-21-23-19-17(12-20)22-18(25-19)15(5-2)6-3/h7-10,13,15,23H,4-6,11H2,1-3H3. The SMILES string of the molecule is CCCOc1ccc(C=NNc2oc(C(CC)CC)nc2C#N)cc1. The van der Waals surface area contributed by atoms with Crippen molar-refractivity contribution < 1.29 is 9.15 Å². The third kappa shape index (κ3) is 5.08. The van der Waals surface area contributed by atoms with Gasteiger partial charge in [-0.2, -0.15) is 10.4 Å². The van der Waals surface area contributed by atoms with Crippen LogP contribution in [0.15, 0.2) is 33.8 Å². The zero-order valence-corrected chi connectivity index (χ0v) is 15.0. The molecule has 0 saturated heterocycles. The van der Waals surface area contributed by atoms with Gasteiger partial charge in [0, 0.05) is 5.92 Å². The first kappa shape index (κ1) is 18.5. The summed E-state index contributed by atoms with van der Waals surface area (Å²) in [7, 11) is 0. The van der Waals surface area contributed by atoms with Crippen molar-refractivity contribution in [2.75, 3.05) is 12.0 Å². The molecule has 0 radical (unpaired) electrons. The van der Waals surface area contributed by atoms with Crippen molar-refractivity contribution in [2.24, 2.45) is 5.10 Å². The molecule has 132 valence electrons. The number of benzene rings is 1. The summed E-state index contributed by atoms with van der Waals surface area (Å²) in [5.74, 6) is 1.91. The Balaban J connectivity index is 2.02. The highest BCUT2D eigenvalue weighted by Crippen LogP contribution is 2.27. The highest BCUT2D eigenvalue weighted by molar-refractivity contribution is 5.80. The van der Waals surface area contributed by atoms with Crippen molar-refractivity contribution in [3.63, 3.8) is 0 Å². The van der Waals surface area contributed by atoms with E-state index in [9.17, 15) is 5.26 Å². The number of nitrogens with zero attached hydrogens (tertiary/aromatic N) is 3. The fraction of sp³-hybridized carbons (Fsp3) is 0.421. The molecule has 0 spiro atoms. The Morgan fingerprint density at radius 3 is 2.60 bits per heavy atom. The van der Waals surface area contributed by atoms with E-state index in [1.54, 1.807) is 6.21 Å². The molecule has 0 bridgehead atoms. The van der Waals surface area contributed by atoms with Gasteiger partial charge in [-0.1, -0.05) is 20.8 Å². The molecule has 1 heterocycles. The van der Waals surface area contributed by atoms with Crippen LogP contribution in [0.1, 0.15) is 63.1 Å². The minimum absolute atomic E-state index is 0.210. The Bertz CT molecular complexity index is 725. The number of hydrogen-bond donors (Lipinski definition) is 1. The van der Waals surface area contributed by atoms with Crippen LogP contribution in [0, 0.1) is 11.3 Å². The van der Waals surface area contributed by atoms with Gasteiger partial charge in [-0.05, 0) is 49.1 Å². The van der Waals surface area contributed by atoms with Crippen molar-refractivity contribution >= 4 is 12.1 Å². The van der Waals surface area contributed by atoms with E-state index in [2.05, 4.69) is 36.3 Å². The number of nitrogens with one attached hydrogen (secondary N) is 1. The zero-order valence-electron chi connectivity index (χ0n) is 15.0. The molecule has 6 nitrogen and oxygen atoms in total. The number of anilines is 1. The maximum Gasteiger partial charge on any atom is 0.252 e. The van der Waals surface area contributed by atoms with E-state index >= 15 is 0 Å². The highest BCUT2D eigenvalue weighted by atomic mass is 16.5. The van der Waals surface area contributed by atoms with Gasteiger partial charge in [0.15, 0.2) is 0 Å². The minimum Gasteiger partial charge on any atom is -0.494 e. The number of rotatable bonds is 9. The van der Waals surface area contributed by atoms with Crippen molar-refractivity contribution in [3.05, 3.63) is 41.4 Å². The predicted octanol–water partition coefficient (Wildman–Crippen LogP) is 4.68. The molecule has 0 aliphatic rings. The average molecular weight is 340 g/mol. The van der Waals surface area contributed by atoms with Crippen LogP contribution in [0.25, 0.3) is 0 Å². The lowest BCUT2D eigenvalue weighted by molar-refractivity contribution is 0.317. The van der Waals surface area contributed by atoms with Crippen LogP contribution in [0.3, 0.4) is 0 Å². The third-order valence-electron chi connectivity index (χ3n) is 3.82. The zero-order chi connectivity index (χ0) is 18.1. The van der Waals surface area contributed by atoms with Gasteiger partial charge in [0.2, 0.25) is 11.6 Å². The molecule has 0 amide bonds. The molecule has 0 saturated carbocycles. The van der Waals surface area contributed by atoms with Crippen LogP contribution in [0.5, 0.6) is 5.75 Å². The molecule has 1 N–H and O–H groups in total. The second-order valence-electron chi connectivity index (χ2n) is 5.64. The van der Waals surface area contributed by atoms with Crippen LogP contribution in [-0.4, -0.2) is 17.8 Å². The second kappa shape index (κ2) is 9.48. The second-order valence-corrected chi connectivity index (χ2v) is 5.64. The average Bonchev–Trinajstić information content (AvgIpc) is 3.05. The number of oxazole rings is 1. The number of hydrazone groups is 1. The summed E-state index contributed by atoms with van der Waals surface area (Å²) >= 11 is 0. The van der Waals surface area contributed by atoms with Crippen LogP contribution in [-0.2, 0) is 0 Å². The van der Waals surface area contributed by atoms with E-state index < -0.39 is 0 Å². The molecule has 0 aliphatic heterocycles. The van der Waals surface area contributed by atoms with E-state index in [0.29, 0.717) is 12.5 Å². The molecular weight excluding hydrogens is 316 g/mol. The normalized spacial score (nSPS) is 11.0. The van der Waals surface area contributed by atoms with Gasteiger partial charge in [0.05, 0.1) is 12.8 Å². The van der Waals surface area contributed by atoms with E-state index in [4.69, 9.17) is 9.15 Å². The summed E-state index contributed by atoms with van der Waals surface area (Å²) < 4.78 is 11.2. The first-order valence-electron chi connectivity index (χ1n) is 8.64. The molecule has 1 aromatic carbocycles. The van der Waals surface area contributed by atoms with Gasteiger partial charge in [-0.25, -0.2) is 10.4 Å². The predicted molar refractivity (Wildman–Crippen MR) is 98.0 cm³/mol. The Hall–Kier alpha value is -2.81. The number of hydrogen-bond acceptors (Lipinski definition) is 6. The van der Waals surface area contributed by atoms with Gasteiger partial charge in [0.25, 0.3) is 5.88 Å². The number of ether oxygens (including phenoxy) is 1. The van der Waals surface area contributed by atoms with Crippen LogP contribution >= 0.6 is 0 Å². The lowest BCUT2D eigenvalue weighted by Gasteiger charge is -2.05. The first-order valence-corrected chi connectivity index (χ1v) is 8.64. The lowest BCUT2D eigenvalue weighted by Crippen LogP contribution is -1.95. The first-order chi connectivity index (χ1) is 12.2. The molecule has 2 aromatic rings. The minimum atomic E-state index is 0.210.